The van der Waals surface area contributed by atoms with Crippen molar-refractivity contribution in [2.45, 2.75) is 37.5 Å². The number of carbonyl (C=O) groups excluding carboxylic acids is 1. The first-order valence-corrected chi connectivity index (χ1v) is 7.64. The maximum Gasteiger partial charge on any atom is 0.408 e. The Kier molecular flexibility index (Phi) is 3.19. The van der Waals surface area contributed by atoms with E-state index in [0.29, 0.717) is 17.7 Å². The number of hydrogen-bond donors (Lipinski definition) is 2. The van der Waals surface area contributed by atoms with Crippen LogP contribution in [0.15, 0.2) is 12.5 Å². The molecule has 2 unspecified atom stereocenters. The Morgan fingerprint density at radius 3 is 2.92 bits per heavy atom. The van der Waals surface area contributed by atoms with Gasteiger partial charge in [0.2, 0.25) is 5.91 Å². The summed E-state index contributed by atoms with van der Waals surface area (Å²) in [5.41, 5.74) is -0.0879. The van der Waals surface area contributed by atoms with Crippen LogP contribution in [0, 0.1) is 5.92 Å². The third kappa shape index (κ3) is 2.65. The molecule has 2 bridgehead atoms. The number of carbonyl (C=O) groups is 1. The predicted octanol–water partition coefficient (Wildman–Crippen LogP) is 1.47. The molecule has 0 radical (unpaired) electrons. The van der Waals surface area contributed by atoms with E-state index in [9.17, 15) is 18.0 Å². The predicted molar refractivity (Wildman–Crippen MR) is 78.1 cm³/mol. The number of alkyl halides is 3. The Balaban J connectivity index is 1.55. The number of piperidine rings is 1. The van der Waals surface area contributed by atoms with Gasteiger partial charge >= 0.3 is 6.18 Å². The summed E-state index contributed by atoms with van der Waals surface area (Å²) in [6.07, 6.45) is 0.731. The molecular formula is C14H15F3N6O. The summed E-state index contributed by atoms with van der Waals surface area (Å²) in [6.45, 7) is -0.698. The Morgan fingerprint density at radius 2 is 2.25 bits per heavy atom. The second kappa shape index (κ2) is 5.05. The van der Waals surface area contributed by atoms with Crippen LogP contribution >= 0.6 is 0 Å². The Labute approximate surface area is 134 Å². The van der Waals surface area contributed by atoms with E-state index in [1.165, 1.54) is 12.5 Å². The highest BCUT2D eigenvalue weighted by Crippen LogP contribution is 2.40. The minimum absolute atomic E-state index is 0.0757. The number of amides is 1. The van der Waals surface area contributed by atoms with E-state index in [2.05, 4.69) is 25.7 Å². The van der Waals surface area contributed by atoms with Crippen LogP contribution in [0.5, 0.6) is 0 Å². The molecule has 1 aliphatic heterocycles. The molecule has 0 aromatic carbocycles. The van der Waals surface area contributed by atoms with Gasteiger partial charge in [0.1, 0.15) is 18.7 Å². The summed E-state index contributed by atoms with van der Waals surface area (Å²) in [6, 6.07) is 0. The monoisotopic (exact) mass is 340 g/mol. The maximum absolute atomic E-state index is 12.5. The molecule has 1 amide bonds. The van der Waals surface area contributed by atoms with Crippen LogP contribution in [0.4, 0.5) is 19.0 Å². The zero-order chi connectivity index (χ0) is 16.9. The van der Waals surface area contributed by atoms with Crippen molar-refractivity contribution >= 4 is 22.8 Å². The summed E-state index contributed by atoms with van der Waals surface area (Å²) in [5.74, 6) is 0.577. The third-order valence-corrected chi connectivity index (χ3v) is 4.67. The van der Waals surface area contributed by atoms with Crippen LogP contribution in [0.2, 0.25) is 0 Å². The molecule has 2 atom stereocenters. The summed E-state index contributed by atoms with van der Waals surface area (Å²) >= 11 is 0. The van der Waals surface area contributed by atoms with Gasteiger partial charge in [-0.05, 0) is 19.3 Å². The molecule has 128 valence electrons. The van der Waals surface area contributed by atoms with Gasteiger partial charge < -0.3 is 10.6 Å². The summed E-state index contributed by atoms with van der Waals surface area (Å²) in [7, 11) is 0. The molecule has 2 N–H and O–H groups in total. The van der Waals surface area contributed by atoms with Crippen molar-refractivity contribution in [1.29, 1.82) is 0 Å². The van der Waals surface area contributed by atoms with E-state index in [1.807, 2.05) is 0 Å². The lowest BCUT2D eigenvalue weighted by Crippen LogP contribution is -2.48. The van der Waals surface area contributed by atoms with E-state index < -0.39 is 12.7 Å². The van der Waals surface area contributed by atoms with E-state index in [-0.39, 0.29) is 23.0 Å². The fourth-order valence-corrected chi connectivity index (χ4v) is 3.57. The van der Waals surface area contributed by atoms with Crippen LogP contribution in [-0.4, -0.2) is 43.9 Å². The summed E-state index contributed by atoms with van der Waals surface area (Å²) in [5, 5.41) is 10.4. The number of fused-ring (bicyclic) bond motifs is 3. The molecular weight excluding hydrogens is 325 g/mol. The fourth-order valence-electron chi connectivity index (χ4n) is 3.57. The van der Waals surface area contributed by atoms with E-state index >= 15 is 0 Å². The average molecular weight is 340 g/mol. The molecule has 1 saturated carbocycles. The van der Waals surface area contributed by atoms with E-state index in [4.69, 9.17) is 0 Å². The minimum Gasteiger partial charge on any atom is -0.367 e. The van der Waals surface area contributed by atoms with Crippen LogP contribution < -0.4 is 10.6 Å². The lowest BCUT2D eigenvalue weighted by Gasteiger charge is -2.28. The second-order valence-electron chi connectivity index (χ2n) is 6.46. The standard InChI is InChI=1S/C14H15F3N6O/c15-14(16,17)6-23-4-9-10(19-7-20-11(9)22-23)18-5-13-2-1-8(3-13)12(24)21-13/h4,7-8H,1-3,5-6H2,(H,21,24)(H,18,19,20,22). The molecule has 2 aromatic heterocycles. The highest BCUT2D eigenvalue weighted by atomic mass is 19.4. The van der Waals surface area contributed by atoms with Gasteiger partial charge in [-0.2, -0.15) is 18.3 Å². The minimum atomic E-state index is -4.35. The van der Waals surface area contributed by atoms with Crippen LogP contribution in [0.25, 0.3) is 11.0 Å². The highest BCUT2D eigenvalue weighted by Gasteiger charge is 2.49. The number of aromatic nitrogens is 4. The topological polar surface area (TPSA) is 84.7 Å². The number of anilines is 1. The molecule has 3 heterocycles. The lowest BCUT2D eigenvalue weighted by molar-refractivity contribution is -0.142. The smallest absolute Gasteiger partial charge is 0.367 e. The molecule has 2 fully saturated rings. The second-order valence-corrected chi connectivity index (χ2v) is 6.46. The summed E-state index contributed by atoms with van der Waals surface area (Å²) in [4.78, 5) is 19.7. The maximum atomic E-state index is 12.5. The van der Waals surface area contributed by atoms with E-state index in [0.717, 1.165) is 23.9 Å². The van der Waals surface area contributed by atoms with Crippen LogP contribution in [0.3, 0.4) is 0 Å². The van der Waals surface area contributed by atoms with Crippen molar-refractivity contribution < 1.29 is 18.0 Å². The Bertz CT molecular complexity index is 803. The number of hydrogen-bond acceptors (Lipinski definition) is 5. The van der Waals surface area contributed by atoms with Gasteiger partial charge in [0, 0.05) is 18.7 Å². The van der Waals surface area contributed by atoms with Gasteiger partial charge in [0.15, 0.2) is 5.65 Å². The van der Waals surface area contributed by atoms with Gasteiger partial charge in [0.05, 0.1) is 10.9 Å². The first-order chi connectivity index (χ1) is 11.3. The zero-order valence-corrected chi connectivity index (χ0v) is 12.6. The molecule has 10 heteroatoms. The highest BCUT2D eigenvalue weighted by molar-refractivity contribution is 5.86. The van der Waals surface area contributed by atoms with Crippen LogP contribution in [-0.2, 0) is 11.3 Å². The van der Waals surface area contributed by atoms with Gasteiger partial charge in [-0.1, -0.05) is 0 Å². The first kappa shape index (κ1) is 15.2. The van der Waals surface area contributed by atoms with Gasteiger partial charge in [-0.25, -0.2) is 9.97 Å². The molecule has 24 heavy (non-hydrogen) atoms. The molecule has 2 aliphatic rings. The lowest BCUT2D eigenvalue weighted by atomic mass is 9.99. The van der Waals surface area contributed by atoms with Crippen molar-refractivity contribution in [3.05, 3.63) is 12.5 Å². The molecule has 1 saturated heterocycles. The van der Waals surface area contributed by atoms with Crippen molar-refractivity contribution in [3.63, 3.8) is 0 Å². The average Bonchev–Trinajstić information content (AvgIpc) is 3.15. The number of nitrogens with one attached hydrogen (secondary N) is 2. The summed E-state index contributed by atoms with van der Waals surface area (Å²) < 4.78 is 38.3. The van der Waals surface area contributed by atoms with Gasteiger partial charge in [0.25, 0.3) is 0 Å². The Hall–Kier alpha value is -2.39. The Morgan fingerprint density at radius 1 is 1.42 bits per heavy atom. The quantitative estimate of drug-likeness (QED) is 0.880. The molecule has 2 aromatic rings. The van der Waals surface area contributed by atoms with Gasteiger partial charge in [-0.3, -0.25) is 9.48 Å². The number of rotatable bonds is 4. The molecule has 0 spiro atoms. The van der Waals surface area contributed by atoms with Gasteiger partial charge in [-0.15, -0.1) is 0 Å². The molecule has 7 nitrogen and oxygen atoms in total. The third-order valence-electron chi connectivity index (χ3n) is 4.67. The van der Waals surface area contributed by atoms with Crippen molar-refractivity contribution in [2.75, 3.05) is 11.9 Å². The van der Waals surface area contributed by atoms with Crippen molar-refractivity contribution in [3.8, 4) is 0 Å². The SMILES string of the molecule is O=C1NC2(CNc3ncnc4nn(CC(F)(F)F)cc34)CCC1C2. The van der Waals surface area contributed by atoms with E-state index in [1.54, 1.807) is 0 Å². The largest absolute Gasteiger partial charge is 0.408 e. The molecule has 1 aliphatic carbocycles. The fraction of sp³-hybridized carbons (Fsp3) is 0.571. The van der Waals surface area contributed by atoms with Crippen LogP contribution in [0.1, 0.15) is 19.3 Å². The number of nitrogens with zero attached hydrogens (tertiary/aromatic N) is 4. The first-order valence-electron chi connectivity index (χ1n) is 7.64. The van der Waals surface area contributed by atoms with Crippen molar-refractivity contribution in [1.82, 2.24) is 25.1 Å². The van der Waals surface area contributed by atoms with Crippen molar-refractivity contribution in [2.24, 2.45) is 5.92 Å². The zero-order valence-electron chi connectivity index (χ0n) is 12.6. The number of halogens is 3. The molecule has 4 rings (SSSR count). The normalized spacial score (nSPS) is 26.1.